The Bertz CT molecular complexity index is 786. The van der Waals surface area contributed by atoms with E-state index in [9.17, 15) is 18.1 Å². The van der Waals surface area contributed by atoms with Crippen LogP contribution in [-0.4, -0.2) is 32.7 Å². The Kier molecular flexibility index (Phi) is 5.99. The molecule has 0 aliphatic carbocycles. The van der Waals surface area contributed by atoms with Crippen LogP contribution in [0, 0.1) is 28.0 Å². The van der Waals surface area contributed by atoms with Gasteiger partial charge in [-0.2, -0.15) is 5.26 Å². The standard InChI is InChI=1S/C19H28FN3O2S/c1-18(2,3)19(8-11-21)9-12-23(13-10-19)14-15-6-5-7-16(17(15)20)22-26(4,24)25/h5-7,22H,8-10,12-14H2,1-4H3. The number of likely N-dealkylation sites (tertiary alicyclic amines) is 1. The maximum Gasteiger partial charge on any atom is 0.229 e. The van der Waals surface area contributed by atoms with Crippen molar-refractivity contribution >= 4 is 15.7 Å². The Morgan fingerprint density at radius 2 is 1.92 bits per heavy atom. The van der Waals surface area contributed by atoms with Crippen LogP contribution in [0.4, 0.5) is 10.1 Å². The first kappa shape index (κ1) is 20.7. The zero-order chi connectivity index (χ0) is 19.6. The molecule has 1 saturated heterocycles. The highest BCUT2D eigenvalue weighted by Gasteiger charge is 2.43. The molecule has 0 saturated carbocycles. The smallest absolute Gasteiger partial charge is 0.229 e. The van der Waals surface area contributed by atoms with E-state index in [1.165, 1.54) is 6.07 Å². The van der Waals surface area contributed by atoms with Gasteiger partial charge in [0.05, 0.1) is 18.0 Å². The fourth-order valence-corrected chi connectivity index (χ4v) is 4.26. The van der Waals surface area contributed by atoms with E-state index in [1.54, 1.807) is 12.1 Å². The molecule has 26 heavy (non-hydrogen) atoms. The SMILES string of the molecule is CC(C)(C)C1(CC#N)CCN(Cc2cccc(NS(C)(=O)=O)c2F)CC1. The van der Waals surface area contributed by atoms with Gasteiger partial charge in [-0.05, 0) is 42.8 Å². The van der Waals surface area contributed by atoms with E-state index in [0.29, 0.717) is 18.5 Å². The predicted octanol–water partition coefficient (Wildman–Crippen LogP) is 3.74. The number of halogens is 1. The van der Waals surface area contributed by atoms with E-state index in [1.807, 2.05) is 0 Å². The van der Waals surface area contributed by atoms with Crippen LogP contribution in [0.25, 0.3) is 0 Å². The number of anilines is 1. The van der Waals surface area contributed by atoms with E-state index >= 15 is 0 Å². The van der Waals surface area contributed by atoms with Crippen molar-refractivity contribution in [1.29, 1.82) is 5.26 Å². The van der Waals surface area contributed by atoms with Crippen molar-refractivity contribution in [3.63, 3.8) is 0 Å². The zero-order valence-corrected chi connectivity index (χ0v) is 16.8. The van der Waals surface area contributed by atoms with Gasteiger partial charge in [-0.1, -0.05) is 32.9 Å². The lowest BCUT2D eigenvalue weighted by Gasteiger charge is -2.49. The van der Waals surface area contributed by atoms with Crippen molar-refractivity contribution in [3.8, 4) is 6.07 Å². The molecule has 144 valence electrons. The van der Waals surface area contributed by atoms with Gasteiger partial charge in [-0.15, -0.1) is 0 Å². The summed E-state index contributed by atoms with van der Waals surface area (Å²) in [7, 11) is -3.52. The number of hydrogen-bond donors (Lipinski definition) is 1. The van der Waals surface area contributed by atoms with Crippen LogP contribution >= 0.6 is 0 Å². The first-order valence-corrected chi connectivity index (χ1v) is 10.7. The lowest BCUT2D eigenvalue weighted by atomic mass is 9.60. The van der Waals surface area contributed by atoms with E-state index in [4.69, 9.17) is 0 Å². The minimum atomic E-state index is -3.52. The van der Waals surface area contributed by atoms with Crippen LogP contribution in [0.15, 0.2) is 18.2 Å². The fourth-order valence-electron chi connectivity index (χ4n) is 3.70. The quantitative estimate of drug-likeness (QED) is 0.843. The fraction of sp³-hybridized carbons (Fsp3) is 0.632. The summed E-state index contributed by atoms with van der Waals surface area (Å²) in [6.07, 6.45) is 3.33. The third-order valence-electron chi connectivity index (χ3n) is 5.59. The number of rotatable bonds is 5. The van der Waals surface area contributed by atoms with Crippen molar-refractivity contribution in [2.75, 3.05) is 24.1 Å². The number of nitrogens with zero attached hydrogens (tertiary/aromatic N) is 2. The molecule has 0 radical (unpaired) electrons. The highest BCUT2D eigenvalue weighted by Crippen LogP contribution is 2.49. The van der Waals surface area contributed by atoms with Crippen LogP contribution in [-0.2, 0) is 16.6 Å². The molecule has 1 aromatic carbocycles. The Morgan fingerprint density at radius 3 is 2.42 bits per heavy atom. The molecule has 1 heterocycles. The Hall–Kier alpha value is -1.65. The number of hydrogen-bond acceptors (Lipinski definition) is 4. The summed E-state index contributed by atoms with van der Waals surface area (Å²) < 4.78 is 39.6. The maximum atomic E-state index is 14.6. The van der Waals surface area contributed by atoms with Gasteiger partial charge in [0, 0.05) is 18.5 Å². The van der Waals surface area contributed by atoms with Gasteiger partial charge < -0.3 is 0 Å². The highest BCUT2D eigenvalue weighted by atomic mass is 32.2. The average Bonchev–Trinajstić information content (AvgIpc) is 2.51. The topological polar surface area (TPSA) is 73.2 Å². The van der Waals surface area contributed by atoms with Gasteiger partial charge in [-0.3, -0.25) is 9.62 Å². The molecule has 1 aromatic rings. The molecule has 1 fully saturated rings. The predicted molar refractivity (Wildman–Crippen MR) is 101 cm³/mol. The van der Waals surface area contributed by atoms with Crippen molar-refractivity contribution in [2.45, 2.75) is 46.6 Å². The number of nitriles is 1. The van der Waals surface area contributed by atoms with Crippen LogP contribution in [0.5, 0.6) is 0 Å². The average molecular weight is 382 g/mol. The molecule has 0 bridgehead atoms. The van der Waals surface area contributed by atoms with Gasteiger partial charge in [0.2, 0.25) is 10.0 Å². The normalized spacial score (nSPS) is 18.3. The van der Waals surface area contributed by atoms with Crippen LogP contribution in [0.1, 0.15) is 45.6 Å². The summed E-state index contributed by atoms with van der Waals surface area (Å²) >= 11 is 0. The molecule has 1 aliphatic heterocycles. The molecule has 0 spiro atoms. The number of piperidine rings is 1. The van der Waals surface area contributed by atoms with Crippen molar-refractivity contribution < 1.29 is 12.8 Å². The molecule has 1 aliphatic rings. The minimum Gasteiger partial charge on any atom is -0.299 e. The van der Waals surface area contributed by atoms with Gasteiger partial charge >= 0.3 is 0 Å². The number of benzene rings is 1. The first-order valence-electron chi connectivity index (χ1n) is 8.82. The molecule has 2 rings (SSSR count). The van der Waals surface area contributed by atoms with E-state index in [2.05, 4.69) is 36.5 Å². The second-order valence-electron chi connectivity index (χ2n) is 8.29. The lowest BCUT2D eigenvalue weighted by Crippen LogP contribution is -2.46. The molecular weight excluding hydrogens is 353 g/mol. The van der Waals surface area contributed by atoms with Crippen molar-refractivity contribution in [3.05, 3.63) is 29.6 Å². The summed E-state index contributed by atoms with van der Waals surface area (Å²) in [6, 6.07) is 7.11. The third kappa shape index (κ3) is 4.74. The van der Waals surface area contributed by atoms with E-state index < -0.39 is 15.8 Å². The zero-order valence-electron chi connectivity index (χ0n) is 16.0. The minimum absolute atomic E-state index is 0.0174. The summed E-state index contributed by atoms with van der Waals surface area (Å²) in [5.41, 5.74) is 0.480. The van der Waals surface area contributed by atoms with E-state index in [0.717, 1.165) is 32.2 Å². The number of sulfonamides is 1. The van der Waals surface area contributed by atoms with Crippen molar-refractivity contribution in [2.24, 2.45) is 10.8 Å². The van der Waals surface area contributed by atoms with Crippen LogP contribution in [0.3, 0.4) is 0 Å². The number of nitrogens with one attached hydrogen (secondary N) is 1. The molecule has 0 atom stereocenters. The Labute approximate surface area is 156 Å². The highest BCUT2D eigenvalue weighted by molar-refractivity contribution is 7.92. The van der Waals surface area contributed by atoms with Crippen LogP contribution in [0.2, 0.25) is 0 Å². The third-order valence-corrected chi connectivity index (χ3v) is 6.18. The lowest BCUT2D eigenvalue weighted by molar-refractivity contribution is 0.00685. The maximum absolute atomic E-state index is 14.6. The van der Waals surface area contributed by atoms with Crippen LogP contribution < -0.4 is 4.72 Å². The Balaban J connectivity index is 2.11. The van der Waals surface area contributed by atoms with Gasteiger partial charge in [0.25, 0.3) is 0 Å². The molecule has 0 aromatic heterocycles. The van der Waals surface area contributed by atoms with Gasteiger partial charge in [0.1, 0.15) is 0 Å². The molecule has 7 heteroatoms. The second-order valence-corrected chi connectivity index (χ2v) is 10.0. The molecule has 5 nitrogen and oxygen atoms in total. The molecular formula is C19H28FN3O2S. The second kappa shape index (κ2) is 7.53. The van der Waals surface area contributed by atoms with Crippen molar-refractivity contribution in [1.82, 2.24) is 4.90 Å². The largest absolute Gasteiger partial charge is 0.299 e. The summed E-state index contributed by atoms with van der Waals surface area (Å²) in [5, 5.41) is 9.24. The van der Waals surface area contributed by atoms with E-state index in [-0.39, 0.29) is 16.5 Å². The summed E-state index contributed by atoms with van der Waals surface area (Å²) in [6.45, 7) is 8.56. The monoisotopic (exact) mass is 381 g/mol. The molecule has 0 unspecified atom stereocenters. The first-order chi connectivity index (χ1) is 12.0. The van der Waals surface area contributed by atoms with Gasteiger partial charge in [-0.25, -0.2) is 12.8 Å². The Morgan fingerprint density at radius 1 is 1.31 bits per heavy atom. The summed E-state index contributed by atoms with van der Waals surface area (Å²) in [4.78, 5) is 2.17. The summed E-state index contributed by atoms with van der Waals surface area (Å²) in [5.74, 6) is -0.525. The van der Waals surface area contributed by atoms with Gasteiger partial charge in [0.15, 0.2) is 5.82 Å². The molecule has 1 N–H and O–H groups in total. The molecule has 0 amide bonds.